The second-order valence-electron chi connectivity index (χ2n) is 8.08. The highest BCUT2D eigenvalue weighted by molar-refractivity contribution is 5.94. The number of ether oxygens (including phenoxy) is 1. The van der Waals surface area contributed by atoms with Gasteiger partial charge in [0.25, 0.3) is 5.91 Å². The SMILES string of the molecule is CCN(CCN(C)C)C(=O)C1CCC(NC(=O)c2n[nH]c3c2COCC3)CC1. The van der Waals surface area contributed by atoms with E-state index in [9.17, 15) is 9.59 Å². The summed E-state index contributed by atoms with van der Waals surface area (Å²) in [6, 6.07) is 0.102. The molecule has 0 radical (unpaired) electrons. The lowest BCUT2D eigenvalue weighted by atomic mass is 9.85. The van der Waals surface area contributed by atoms with E-state index in [0.717, 1.165) is 63.0 Å². The number of fused-ring (bicyclic) bond motifs is 1. The summed E-state index contributed by atoms with van der Waals surface area (Å²) < 4.78 is 5.46. The van der Waals surface area contributed by atoms with Crippen molar-refractivity contribution in [3.63, 3.8) is 0 Å². The second-order valence-corrected chi connectivity index (χ2v) is 8.08. The Kier molecular flexibility index (Phi) is 7.07. The Bertz CT molecular complexity index is 679. The third kappa shape index (κ3) is 4.91. The van der Waals surface area contributed by atoms with Crippen LogP contribution in [0.1, 0.15) is 54.4 Å². The van der Waals surface area contributed by atoms with Gasteiger partial charge in [0, 0.05) is 49.3 Å². The molecule has 1 aromatic rings. The monoisotopic (exact) mass is 391 g/mol. The number of rotatable bonds is 7. The molecule has 2 amide bonds. The number of H-pyrrole nitrogens is 1. The molecule has 28 heavy (non-hydrogen) atoms. The zero-order chi connectivity index (χ0) is 20.1. The molecule has 2 heterocycles. The molecule has 1 aliphatic heterocycles. The van der Waals surface area contributed by atoms with Crippen LogP contribution in [-0.2, 0) is 22.6 Å². The number of carbonyl (C=O) groups excluding carboxylic acids is 2. The lowest BCUT2D eigenvalue weighted by molar-refractivity contribution is -0.136. The van der Waals surface area contributed by atoms with E-state index in [4.69, 9.17) is 4.74 Å². The average molecular weight is 392 g/mol. The minimum absolute atomic E-state index is 0.0711. The number of aromatic nitrogens is 2. The van der Waals surface area contributed by atoms with Gasteiger partial charge < -0.3 is 19.9 Å². The first-order chi connectivity index (χ1) is 13.5. The Morgan fingerprint density at radius 3 is 2.64 bits per heavy atom. The highest BCUT2D eigenvalue weighted by Crippen LogP contribution is 2.27. The molecule has 2 aliphatic rings. The number of likely N-dealkylation sites (N-methyl/N-ethyl adjacent to an activating group) is 2. The molecule has 0 saturated heterocycles. The van der Waals surface area contributed by atoms with Crippen molar-refractivity contribution in [2.45, 2.75) is 51.7 Å². The topological polar surface area (TPSA) is 90.6 Å². The first kappa shape index (κ1) is 20.8. The molecule has 0 aromatic carbocycles. The predicted octanol–water partition coefficient (Wildman–Crippen LogP) is 1.18. The Labute approximate surface area is 167 Å². The van der Waals surface area contributed by atoms with Gasteiger partial charge in [0.2, 0.25) is 5.91 Å². The van der Waals surface area contributed by atoms with Crippen LogP contribution < -0.4 is 5.32 Å². The third-order valence-corrected chi connectivity index (χ3v) is 5.83. The summed E-state index contributed by atoms with van der Waals surface area (Å²) in [4.78, 5) is 29.5. The zero-order valence-electron chi connectivity index (χ0n) is 17.3. The third-order valence-electron chi connectivity index (χ3n) is 5.83. The molecule has 0 unspecified atom stereocenters. The summed E-state index contributed by atoms with van der Waals surface area (Å²) >= 11 is 0. The maximum Gasteiger partial charge on any atom is 0.272 e. The summed E-state index contributed by atoms with van der Waals surface area (Å²) in [5, 5.41) is 10.3. The quantitative estimate of drug-likeness (QED) is 0.728. The van der Waals surface area contributed by atoms with Crippen molar-refractivity contribution in [2.24, 2.45) is 5.92 Å². The van der Waals surface area contributed by atoms with Crippen molar-refractivity contribution in [2.75, 3.05) is 40.3 Å². The van der Waals surface area contributed by atoms with E-state index in [2.05, 4.69) is 20.4 Å². The minimum Gasteiger partial charge on any atom is -0.376 e. The molecule has 1 aliphatic carbocycles. The number of amides is 2. The van der Waals surface area contributed by atoms with Crippen molar-refractivity contribution in [1.82, 2.24) is 25.3 Å². The average Bonchev–Trinajstić information content (AvgIpc) is 3.13. The molecular formula is C20H33N5O3. The highest BCUT2D eigenvalue weighted by Gasteiger charge is 2.31. The van der Waals surface area contributed by atoms with E-state index >= 15 is 0 Å². The normalized spacial score (nSPS) is 22.0. The van der Waals surface area contributed by atoms with Crippen LogP contribution in [0.3, 0.4) is 0 Å². The van der Waals surface area contributed by atoms with Crippen molar-refractivity contribution in [1.29, 1.82) is 0 Å². The van der Waals surface area contributed by atoms with Crippen LogP contribution in [0, 0.1) is 5.92 Å². The summed E-state index contributed by atoms with van der Waals surface area (Å²) in [6.07, 6.45) is 4.08. The van der Waals surface area contributed by atoms with Gasteiger partial charge in [-0.05, 0) is 46.7 Å². The Morgan fingerprint density at radius 2 is 1.96 bits per heavy atom. The standard InChI is InChI=1S/C20H33N5O3/c1-4-25(11-10-24(2)3)20(27)14-5-7-15(8-6-14)21-19(26)18-16-13-28-12-9-17(16)22-23-18/h14-15H,4-13H2,1-3H3,(H,21,26)(H,22,23). The van der Waals surface area contributed by atoms with E-state index < -0.39 is 0 Å². The molecule has 8 nitrogen and oxygen atoms in total. The molecule has 1 fully saturated rings. The van der Waals surface area contributed by atoms with Crippen LogP contribution in [0.5, 0.6) is 0 Å². The molecule has 1 saturated carbocycles. The Hall–Kier alpha value is -1.93. The summed E-state index contributed by atoms with van der Waals surface area (Å²) in [6.45, 7) is 5.53. The van der Waals surface area contributed by atoms with Gasteiger partial charge in [0.05, 0.1) is 13.2 Å². The molecule has 1 aromatic heterocycles. The largest absolute Gasteiger partial charge is 0.376 e. The predicted molar refractivity (Wildman–Crippen MR) is 106 cm³/mol. The number of nitrogens with zero attached hydrogens (tertiary/aromatic N) is 3. The Morgan fingerprint density at radius 1 is 1.21 bits per heavy atom. The zero-order valence-corrected chi connectivity index (χ0v) is 17.3. The minimum atomic E-state index is -0.140. The van der Waals surface area contributed by atoms with Gasteiger partial charge in [0.15, 0.2) is 5.69 Å². The fourth-order valence-corrected chi connectivity index (χ4v) is 4.04. The molecule has 8 heteroatoms. The van der Waals surface area contributed by atoms with E-state index in [1.807, 2.05) is 25.9 Å². The summed E-state index contributed by atoms with van der Waals surface area (Å²) in [5.41, 5.74) is 2.34. The van der Waals surface area contributed by atoms with Crippen molar-refractivity contribution < 1.29 is 14.3 Å². The molecule has 0 spiro atoms. The maximum absolute atomic E-state index is 12.8. The molecule has 156 valence electrons. The van der Waals surface area contributed by atoms with Crippen LogP contribution in [-0.4, -0.2) is 78.2 Å². The van der Waals surface area contributed by atoms with E-state index in [0.29, 0.717) is 18.9 Å². The van der Waals surface area contributed by atoms with Crippen LogP contribution in [0.15, 0.2) is 0 Å². The van der Waals surface area contributed by atoms with Gasteiger partial charge in [-0.1, -0.05) is 0 Å². The lowest BCUT2D eigenvalue weighted by Gasteiger charge is -2.32. The van der Waals surface area contributed by atoms with Crippen LogP contribution in [0.4, 0.5) is 0 Å². The number of nitrogens with one attached hydrogen (secondary N) is 2. The van der Waals surface area contributed by atoms with Crippen LogP contribution in [0.2, 0.25) is 0 Å². The van der Waals surface area contributed by atoms with Gasteiger partial charge in [-0.2, -0.15) is 5.10 Å². The Balaban J connectivity index is 1.49. The fourth-order valence-electron chi connectivity index (χ4n) is 4.04. The molecule has 2 N–H and O–H groups in total. The first-order valence-electron chi connectivity index (χ1n) is 10.4. The van der Waals surface area contributed by atoms with E-state index in [-0.39, 0.29) is 23.8 Å². The van der Waals surface area contributed by atoms with Crippen LogP contribution in [0.25, 0.3) is 0 Å². The fraction of sp³-hybridized carbons (Fsp3) is 0.750. The number of hydrogen-bond donors (Lipinski definition) is 2. The van der Waals surface area contributed by atoms with Crippen molar-refractivity contribution >= 4 is 11.8 Å². The second kappa shape index (κ2) is 9.52. The van der Waals surface area contributed by atoms with Crippen LogP contribution >= 0.6 is 0 Å². The van der Waals surface area contributed by atoms with Gasteiger partial charge in [0.1, 0.15) is 0 Å². The van der Waals surface area contributed by atoms with E-state index in [1.54, 1.807) is 0 Å². The number of hydrogen-bond acceptors (Lipinski definition) is 5. The van der Waals surface area contributed by atoms with Gasteiger partial charge in [-0.15, -0.1) is 0 Å². The van der Waals surface area contributed by atoms with Gasteiger partial charge in [-0.25, -0.2) is 0 Å². The van der Waals surface area contributed by atoms with E-state index in [1.165, 1.54) is 0 Å². The smallest absolute Gasteiger partial charge is 0.272 e. The van der Waals surface area contributed by atoms with Crippen molar-refractivity contribution in [3.8, 4) is 0 Å². The number of carbonyl (C=O) groups is 2. The van der Waals surface area contributed by atoms with Gasteiger partial charge >= 0.3 is 0 Å². The molecule has 3 rings (SSSR count). The lowest BCUT2D eigenvalue weighted by Crippen LogP contribution is -2.44. The summed E-state index contributed by atoms with van der Waals surface area (Å²) in [5.74, 6) is 0.188. The van der Waals surface area contributed by atoms with Gasteiger partial charge in [-0.3, -0.25) is 14.7 Å². The molecule has 0 atom stereocenters. The molecular weight excluding hydrogens is 358 g/mol. The van der Waals surface area contributed by atoms with Crippen molar-refractivity contribution in [3.05, 3.63) is 17.0 Å². The number of aromatic amines is 1. The maximum atomic E-state index is 12.8. The first-order valence-corrected chi connectivity index (χ1v) is 10.4. The summed E-state index contributed by atoms with van der Waals surface area (Å²) in [7, 11) is 4.05. The highest BCUT2D eigenvalue weighted by atomic mass is 16.5. The molecule has 0 bridgehead atoms.